The molecule has 2 amide bonds. The number of benzene rings is 3. The zero-order valence-corrected chi connectivity index (χ0v) is 21.5. The lowest BCUT2D eigenvalue weighted by Gasteiger charge is -2.11. The lowest BCUT2D eigenvalue weighted by Crippen LogP contribution is -2.20. The van der Waals surface area contributed by atoms with Gasteiger partial charge in [0.05, 0.1) is 27.5 Å². The Labute approximate surface area is 219 Å². The van der Waals surface area contributed by atoms with E-state index < -0.39 is 0 Å². The number of amides is 2. The summed E-state index contributed by atoms with van der Waals surface area (Å²) in [6.45, 7) is 5.44. The number of carbonyl (C=O) groups is 2. The van der Waals surface area contributed by atoms with Crippen LogP contribution in [-0.4, -0.2) is 22.5 Å². The maximum Gasteiger partial charge on any atom is 0.272 e. The van der Waals surface area contributed by atoms with E-state index in [-0.39, 0.29) is 17.7 Å². The Morgan fingerprint density at radius 2 is 1.72 bits per heavy atom. The van der Waals surface area contributed by atoms with Crippen LogP contribution in [0.5, 0.6) is 0 Å². The molecule has 0 radical (unpaired) electrons. The van der Waals surface area contributed by atoms with E-state index in [0.29, 0.717) is 49.2 Å². The Balaban J connectivity index is 1.64. The van der Waals surface area contributed by atoms with Crippen molar-refractivity contribution in [3.8, 4) is 11.3 Å². The maximum absolute atomic E-state index is 13.2. The summed E-state index contributed by atoms with van der Waals surface area (Å²) in [5.74, 6) is -0.592. The maximum atomic E-state index is 13.2. The Hall–Kier alpha value is -3.74. The largest absolute Gasteiger partial charge is 0.326 e. The predicted octanol–water partition coefficient (Wildman–Crippen LogP) is 6.96. The van der Waals surface area contributed by atoms with Crippen LogP contribution in [0.2, 0.25) is 10.0 Å². The third-order valence-electron chi connectivity index (χ3n) is 5.57. The van der Waals surface area contributed by atoms with Crippen LogP contribution in [0, 0.1) is 5.92 Å². The van der Waals surface area contributed by atoms with Gasteiger partial charge >= 0.3 is 0 Å². The molecule has 0 saturated heterocycles. The zero-order valence-electron chi connectivity index (χ0n) is 20.0. The van der Waals surface area contributed by atoms with Crippen LogP contribution in [-0.2, 0) is 4.79 Å². The first kappa shape index (κ1) is 25.4. The first-order valence-electron chi connectivity index (χ1n) is 11.3. The van der Waals surface area contributed by atoms with Crippen LogP contribution in [0.15, 0.2) is 77.9 Å². The van der Waals surface area contributed by atoms with Crippen LogP contribution >= 0.6 is 23.2 Å². The molecule has 1 heterocycles. The highest BCUT2D eigenvalue weighted by Gasteiger charge is 2.16. The normalized spacial score (nSPS) is 11.6. The summed E-state index contributed by atoms with van der Waals surface area (Å²) in [7, 11) is 0. The molecule has 6 nitrogen and oxygen atoms in total. The van der Waals surface area contributed by atoms with Crippen LogP contribution < -0.4 is 10.7 Å². The van der Waals surface area contributed by atoms with Gasteiger partial charge in [-0.3, -0.25) is 9.59 Å². The second-order valence-corrected chi connectivity index (χ2v) is 9.40. The number of hydrogen-bond acceptors (Lipinski definition) is 4. The molecule has 0 bridgehead atoms. The summed E-state index contributed by atoms with van der Waals surface area (Å²) in [6.07, 6.45) is 0. The number of anilines is 1. The van der Waals surface area contributed by atoms with E-state index in [9.17, 15) is 9.59 Å². The zero-order chi connectivity index (χ0) is 25.8. The molecule has 36 heavy (non-hydrogen) atoms. The Bertz CT molecular complexity index is 1500. The number of halogens is 2. The van der Waals surface area contributed by atoms with Gasteiger partial charge in [-0.05, 0) is 55.0 Å². The first-order valence-corrected chi connectivity index (χ1v) is 12.1. The number of nitrogens with one attached hydrogen (secondary N) is 2. The lowest BCUT2D eigenvalue weighted by molar-refractivity contribution is -0.118. The fourth-order valence-corrected chi connectivity index (χ4v) is 4.07. The van der Waals surface area contributed by atoms with Crippen molar-refractivity contribution in [3.05, 3.63) is 94.0 Å². The molecule has 0 aliphatic carbocycles. The van der Waals surface area contributed by atoms with Crippen molar-refractivity contribution in [1.29, 1.82) is 0 Å². The summed E-state index contributed by atoms with van der Waals surface area (Å²) in [5, 5.41) is 8.82. The molecular formula is C28H24Cl2N4O2. The molecule has 182 valence electrons. The summed E-state index contributed by atoms with van der Waals surface area (Å²) >= 11 is 12.5. The topological polar surface area (TPSA) is 83.4 Å². The summed E-state index contributed by atoms with van der Waals surface area (Å²) in [6, 6.07) is 21.5. The molecule has 0 aliphatic heterocycles. The van der Waals surface area contributed by atoms with Gasteiger partial charge in [-0.25, -0.2) is 10.4 Å². The molecule has 2 N–H and O–H groups in total. The van der Waals surface area contributed by atoms with E-state index >= 15 is 0 Å². The van der Waals surface area contributed by atoms with Crippen LogP contribution in [0.3, 0.4) is 0 Å². The number of nitrogens with zero attached hydrogens (tertiary/aromatic N) is 2. The molecule has 0 fully saturated rings. The number of carbonyl (C=O) groups excluding carboxylic acids is 2. The summed E-state index contributed by atoms with van der Waals surface area (Å²) < 4.78 is 0. The van der Waals surface area contributed by atoms with E-state index in [1.807, 2.05) is 62.4 Å². The number of hydrogen-bond donors (Lipinski definition) is 2. The van der Waals surface area contributed by atoms with E-state index in [0.717, 1.165) is 5.56 Å². The van der Waals surface area contributed by atoms with Gasteiger partial charge in [0.25, 0.3) is 5.91 Å². The molecule has 0 spiro atoms. The van der Waals surface area contributed by atoms with Crippen LogP contribution in [0.4, 0.5) is 5.69 Å². The third kappa shape index (κ3) is 5.73. The molecule has 0 aliphatic rings. The highest BCUT2D eigenvalue weighted by molar-refractivity contribution is 6.36. The smallest absolute Gasteiger partial charge is 0.272 e. The minimum absolute atomic E-state index is 0.0730. The number of fused-ring (bicyclic) bond motifs is 1. The molecule has 0 atom stereocenters. The van der Waals surface area contributed by atoms with Gasteiger partial charge < -0.3 is 5.32 Å². The minimum atomic E-state index is -0.386. The van der Waals surface area contributed by atoms with Crippen molar-refractivity contribution in [2.24, 2.45) is 11.0 Å². The van der Waals surface area contributed by atoms with E-state index in [2.05, 4.69) is 20.8 Å². The summed E-state index contributed by atoms with van der Waals surface area (Å²) in [5.41, 5.74) is 6.95. The third-order valence-corrected chi connectivity index (χ3v) is 6.11. The second kappa shape index (κ2) is 10.9. The monoisotopic (exact) mass is 518 g/mol. The van der Waals surface area contributed by atoms with Crippen molar-refractivity contribution in [3.63, 3.8) is 0 Å². The number of pyridine rings is 1. The fraction of sp³-hybridized carbons (Fsp3) is 0.143. The van der Waals surface area contributed by atoms with Crippen molar-refractivity contribution in [1.82, 2.24) is 10.4 Å². The van der Waals surface area contributed by atoms with Crippen molar-refractivity contribution < 1.29 is 9.59 Å². The average molecular weight is 519 g/mol. The van der Waals surface area contributed by atoms with E-state index in [4.69, 9.17) is 23.2 Å². The standard InChI is InChI=1S/C28H24Cl2N4O2/c1-16(2)27(35)31-20-8-6-7-18(13-20)17(3)33-34-28(36)23-15-26(22-12-11-19(29)14-24(22)30)32-25-10-5-4-9-21(23)25/h4-16H,1-3H3,(H,31,35)(H,34,36). The van der Waals surface area contributed by atoms with Crippen LogP contribution in [0.25, 0.3) is 22.2 Å². The SMILES string of the molecule is CC(=NNC(=O)c1cc(-c2ccc(Cl)cc2Cl)nc2ccccc12)c1cccc(NC(=O)C(C)C)c1. The lowest BCUT2D eigenvalue weighted by atomic mass is 10.0. The minimum Gasteiger partial charge on any atom is -0.326 e. The predicted molar refractivity (Wildman–Crippen MR) is 147 cm³/mol. The highest BCUT2D eigenvalue weighted by Crippen LogP contribution is 2.31. The first-order chi connectivity index (χ1) is 17.2. The Morgan fingerprint density at radius 3 is 2.47 bits per heavy atom. The number of aromatic nitrogens is 1. The molecule has 1 aromatic heterocycles. The van der Waals surface area contributed by atoms with E-state index in [1.165, 1.54) is 0 Å². The van der Waals surface area contributed by atoms with Gasteiger partial charge in [-0.2, -0.15) is 5.10 Å². The van der Waals surface area contributed by atoms with Gasteiger partial charge in [0.15, 0.2) is 0 Å². The molecule has 4 rings (SSSR count). The second-order valence-electron chi connectivity index (χ2n) is 8.56. The number of rotatable bonds is 6. The Morgan fingerprint density at radius 1 is 0.944 bits per heavy atom. The van der Waals surface area contributed by atoms with Gasteiger partial charge in [0, 0.05) is 27.6 Å². The fourth-order valence-electron chi connectivity index (χ4n) is 3.57. The van der Waals surface area contributed by atoms with Gasteiger partial charge in [0.2, 0.25) is 5.91 Å². The van der Waals surface area contributed by atoms with Crippen molar-refractivity contribution in [2.75, 3.05) is 5.32 Å². The highest BCUT2D eigenvalue weighted by atomic mass is 35.5. The average Bonchev–Trinajstić information content (AvgIpc) is 2.86. The van der Waals surface area contributed by atoms with Crippen molar-refractivity contribution in [2.45, 2.75) is 20.8 Å². The molecule has 3 aromatic carbocycles. The van der Waals surface area contributed by atoms with Crippen molar-refractivity contribution >= 4 is 57.3 Å². The Kier molecular flexibility index (Phi) is 7.67. The van der Waals surface area contributed by atoms with Gasteiger partial charge in [0.1, 0.15) is 0 Å². The number of para-hydroxylation sites is 1. The van der Waals surface area contributed by atoms with Gasteiger partial charge in [-0.15, -0.1) is 0 Å². The van der Waals surface area contributed by atoms with Gasteiger partial charge in [-0.1, -0.05) is 67.4 Å². The molecular weight excluding hydrogens is 495 g/mol. The summed E-state index contributed by atoms with van der Waals surface area (Å²) in [4.78, 5) is 30.0. The molecule has 0 unspecified atom stereocenters. The number of hydrazone groups is 1. The van der Waals surface area contributed by atoms with Crippen LogP contribution in [0.1, 0.15) is 36.7 Å². The van der Waals surface area contributed by atoms with E-state index in [1.54, 1.807) is 31.2 Å². The molecule has 4 aromatic rings. The quantitative estimate of drug-likeness (QED) is 0.213. The molecule has 8 heteroatoms. The molecule has 0 saturated carbocycles.